The Morgan fingerprint density at radius 3 is 2.85 bits per heavy atom. The van der Waals surface area contributed by atoms with Gasteiger partial charge in [0.2, 0.25) is 5.70 Å². The Hall–Kier alpha value is -1.29. The Labute approximate surface area is 80.0 Å². The van der Waals surface area contributed by atoms with E-state index in [0.29, 0.717) is 12.2 Å². The molecular weight excluding hydrogens is 194 g/mol. The van der Waals surface area contributed by atoms with Crippen molar-refractivity contribution in [1.29, 1.82) is 0 Å². The van der Waals surface area contributed by atoms with Crippen molar-refractivity contribution in [3.05, 3.63) is 38.9 Å². The number of nitrogens with zero attached hydrogens (tertiary/aromatic N) is 1. The molecule has 1 aromatic heterocycles. The van der Waals surface area contributed by atoms with Crippen LogP contribution in [0.15, 0.2) is 22.2 Å². The topological polar surface area (TPSA) is 56.3 Å². The summed E-state index contributed by atoms with van der Waals surface area (Å²) in [6, 6.07) is 3.13. The van der Waals surface area contributed by atoms with Gasteiger partial charge in [0.1, 0.15) is 5.76 Å². The standard InChI is InChI=1S/C8H8ClNO3/c1-2-6(10(11)12)5-7-3-4-8(9)13-7/h3-5H,2H2,1H3. The van der Waals surface area contributed by atoms with Crippen molar-refractivity contribution in [2.24, 2.45) is 0 Å². The van der Waals surface area contributed by atoms with Crippen LogP contribution in [0.2, 0.25) is 5.22 Å². The summed E-state index contributed by atoms with van der Waals surface area (Å²) in [5.74, 6) is 0.401. The van der Waals surface area contributed by atoms with Crippen LogP contribution in [-0.2, 0) is 0 Å². The van der Waals surface area contributed by atoms with Crippen LogP contribution >= 0.6 is 11.6 Å². The van der Waals surface area contributed by atoms with Crippen LogP contribution in [0.5, 0.6) is 0 Å². The molecule has 0 aliphatic rings. The van der Waals surface area contributed by atoms with Crippen LogP contribution in [0.4, 0.5) is 0 Å². The normalized spacial score (nSPS) is 11.7. The fourth-order valence-corrected chi connectivity index (χ4v) is 1.01. The predicted molar refractivity (Wildman–Crippen MR) is 49.0 cm³/mol. The van der Waals surface area contributed by atoms with Crippen LogP contribution < -0.4 is 0 Å². The van der Waals surface area contributed by atoms with E-state index < -0.39 is 4.92 Å². The molecule has 5 heteroatoms. The highest BCUT2D eigenvalue weighted by molar-refractivity contribution is 6.28. The second kappa shape index (κ2) is 4.09. The second-order valence-corrected chi connectivity index (χ2v) is 2.76. The first-order chi connectivity index (χ1) is 6.13. The highest BCUT2D eigenvalue weighted by Crippen LogP contribution is 2.17. The summed E-state index contributed by atoms with van der Waals surface area (Å²) in [4.78, 5) is 9.97. The Bertz CT molecular complexity index is 343. The summed E-state index contributed by atoms with van der Waals surface area (Å²) in [6.45, 7) is 1.71. The molecule has 0 aliphatic carbocycles. The van der Waals surface area contributed by atoms with Gasteiger partial charge in [0, 0.05) is 6.42 Å². The molecule has 70 valence electrons. The Morgan fingerprint density at radius 1 is 1.77 bits per heavy atom. The zero-order valence-corrected chi connectivity index (χ0v) is 7.75. The maximum absolute atomic E-state index is 10.4. The molecule has 0 unspecified atom stereocenters. The van der Waals surface area contributed by atoms with Crippen molar-refractivity contribution in [2.75, 3.05) is 0 Å². The van der Waals surface area contributed by atoms with E-state index in [4.69, 9.17) is 16.0 Å². The average Bonchev–Trinajstić information content (AvgIpc) is 2.46. The molecule has 0 aromatic carbocycles. The van der Waals surface area contributed by atoms with Gasteiger partial charge in [0.05, 0.1) is 11.0 Å². The highest BCUT2D eigenvalue weighted by atomic mass is 35.5. The minimum atomic E-state index is -0.434. The fourth-order valence-electron chi connectivity index (χ4n) is 0.854. The third-order valence-corrected chi connectivity index (χ3v) is 1.70. The zero-order valence-electron chi connectivity index (χ0n) is 6.99. The summed E-state index contributed by atoms with van der Waals surface area (Å²) in [6.07, 6.45) is 1.72. The number of hydrogen-bond donors (Lipinski definition) is 0. The first kappa shape index (κ1) is 9.80. The summed E-state index contributed by atoms with van der Waals surface area (Å²) < 4.78 is 4.95. The number of halogens is 1. The second-order valence-electron chi connectivity index (χ2n) is 2.39. The average molecular weight is 202 g/mol. The molecule has 0 radical (unpaired) electrons. The third-order valence-electron chi connectivity index (χ3n) is 1.50. The van der Waals surface area contributed by atoms with Crippen molar-refractivity contribution in [1.82, 2.24) is 0 Å². The molecule has 0 saturated heterocycles. The number of allylic oxidation sites excluding steroid dienone is 1. The maximum atomic E-state index is 10.4. The van der Waals surface area contributed by atoms with E-state index in [9.17, 15) is 10.1 Å². The van der Waals surface area contributed by atoms with Crippen LogP contribution in [0.1, 0.15) is 19.1 Å². The SMILES string of the molecule is CCC(=Cc1ccc(Cl)o1)[N+](=O)[O-]. The Balaban J connectivity index is 2.91. The van der Waals surface area contributed by atoms with Crippen molar-refractivity contribution in [3.63, 3.8) is 0 Å². The van der Waals surface area contributed by atoms with Gasteiger partial charge in [-0.1, -0.05) is 6.92 Å². The molecule has 0 fully saturated rings. The summed E-state index contributed by atoms with van der Waals surface area (Å²) in [5, 5.41) is 10.6. The molecule has 13 heavy (non-hydrogen) atoms. The van der Waals surface area contributed by atoms with Gasteiger partial charge in [-0.2, -0.15) is 0 Å². The van der Waals surface area contributed by atoms with Gasteiger partial charge in [-0.3, -0.25) is 10.1 Å². The molecule has 1 aromatic rings. The van der Waals surface area contributed by atoms with Gasteiger partial charge >= 0.3 is 0 Å². The van der Waals surface area contributed by atoms with Crippen molar-refractivity contribution >= 4 is 17.7 Å². The molecule has 0 aliphatic heterocycles. The van der Waals surface area contributed by atoms with E-state index in [1.165, 1.54) is 6.08 Å². The molecule has 1 heterocycles. The lowest BCUT2D eigenvalue weighted by molar-refractivity contribution is -0.425. The number of hydrogen-bond acceptors (Lipinski definition) is 3. The smallest absolute Gasteiger partial charge is 0.249 e. The minimum absolute atomic E-state index is 0.103. The van der Waals surface area contributed by atoms with Gasteiger partial charge in [-0.05, 0) is 23.7 Å². The maximum Gasteiger partial charge on any atom is 0.249 e. The molecule has 0 atom stereocenters. The molecule has 0 saturated carbocycles. The molecule has 0 bridgehead atoms. The zero-order chi connectivity index (χ0) is 9.84. The summed E-state index contributed by atoms with van der Waals surface area (Å²) >= 11 is 5.50. The molecular formula is C8H8ClNO3. The fraction of sp³-hybridized carbons (Fsp3) is 0.250. The van der Waals surface area contributed by atoms with Gasteiger partial charge < -0.3 is 4.42 Å². The van der Waals surface area contributed by atoms with Crippen LogP contribution in [0.3, 0.4) is 0 Å². The molecule has 4 nitrogen and oxygen atoms in total. The van der Waals surface area contributed by atoms with E-state index in [0.717, 1.165) is 0 Å². The van der Waals surface area contributed by atoms with E-state index in [2.05, 4.69) is 0 Å². The van der Waals surface area contributed by atoms with Crippen LogP contribution in [0.25, 0.3) is 6.08 Å². The summed E-state index contributed by atoms with van der Waals surface area (Å²) in [5.41, 5.74) is 0.103. The number of furan rings is 1. The minimum Gasteiger partial charge on any atom is -0.445 e. The van der Waals surface area contributed by atoms with Crippen molar-refractivity contribution in [3.8, 4) is 0 Å². The summed E-state index contributed by atoms with van der Waals surface area (Å²) in [7, 11) is 0. The first-order valence-corrected chi connectivity index (χ1v) is 4.11. The van der Waals surface area contributed by atoms with E-state index in [-0.39, 0.29) is 10.9 Å². The lowest BCUT2D eigenvalue weighted by Crippen LogP contribution is -1.95. The number of nitro groups is 1. The lowest BCUT2D eigenvalue weighted by atomic mass is 10.3. The van der Waals surface area contributed by atoms with Crippen molar-refractivity contribution in [2.45, 2.75) is 13.3 Å². The Morgan fingerprint density at radius 2 is 2.46 bits per heavy atom. The highest BCUT2D eigenvalue weighted by Gasteiger charge is 2.08. The van der Waals surface area contributed by atoms with Crippen LogP contribution in [-0.4, -0.2) is 4.92 Å². The molecule has 0 N–H and O–H groups in total. The van der Waals surface area contributed by atoms with E-state index in [1.54, 1.807) is 19.1 Å². The van der Waals surface area contributed by atoms with Crippen molar-refractivity contribution < 1.29 is 9.34 Å². The van der Waals surface area contributed by atoms with Gasteiger partial charge in [0.15, 0.2) is 5.22 Å². The lowest BCUT2D eigenvalue weighted by Gasteiger charge is -1.91. The largest absolute Gasteiger partial charge is 0.445 e. The van der Waals surface area contributed by atoms with E-state index >= 15 is 0 Å². The van der Waals surface area contributed by atoms with Gasteiger partial charge in [-0.15, -0.1) is 0 Å². The molecule has 0 spiro atoms. The monoisotopic (exact) mass is 201 g/mol. The Kier molecular flexibility index (Phi) is 3.08. The van der Waals surface area contributed by atoms with Gasteiger partial charge in [0.25, 0.3) is 0 Å². The molecule has 0 amide bonds. The third kappa shape index (κ3) is 2.59. The number of rotatable bonds is 3. The quantitative estimate of drug-likeness (QED) is 0.558. The predicted octanol–water partition coefficient (Wildman–Crippen LogP) is 2.96. The van der Waals surface area contributed by atoms with Crippen LogP contribution in [0, 0.1) is 10.1 Å². The first-order valence-electron chi connectivity index (χ1n) is 3.73. The van der Waals surface area contributed by atoms with E-state index in [1.807, 2.05) is 0 Å². The van der Waals surface area contributed by atoms with Gasteiger partial charge in [-0.25, -0.2) is 0 Å². The molecule has 1 rings (SSSR count).